The standard InChI is InChI=1S/4C4H6N2.ClH.2Ru/c4*1-4-2-3-5-6-4;;;/h4*2-3H,1H3,(H,5,6);1H;;/q;;;;;2*+3/p-1. The summed E-state index contributed by atoms with van der Waals surface area (Å²) in [6.45, 7) is 7.86. The minimum atomic E-state index is 0. The summed E-state index contributed by atoms with van der Waals surface area (Å²) >= 11 is 0. The third-order valence-electron chi connectivity index (χ3n) is 2.56. The Morgan fingerprint density at radius 3 is 0.704 bits per heavy atom. The van der Waals surface area contributed by atoms with Crippen molar-refractivity contribution in [1.82, 2.24) is 40.8 Å². The molecule has 0 aliphatic rings. The molecule has 0 aliphatic heterocycles. The van der Waals surface area contributed by atoms with E-state index in [4.69, 9.17) is 0 Å². The van der Waals surface area contributed by atoms with E-state index in [1.807, 2.05) is 52.0 Å². The van der Waals surface area contributed by atoms with E-state index in [0.717, 1.165) is 22.8 Å². The molecule has 0 aliphatic carbocycles. The molecule has 4 heterocycles. The van der Waals surface area contributed by atoms with Gasteiger partial charge >= 0.3 is 39.0 Å². The van der Waals surface area contributed by atoms with Crippen molar-refractivity contribution in [3.8, 4) is 0 Å². The van der Waals surface area contributed by atoms with Gasteiger partial charge in [0, 0.05) is 47.6 Å². The summed E-state index contributed by atoms with van der Waals surface area (Å²) in [6.07, 6.45) is 6.93. The van der Waals surface area contributed by atoms with E-state index in [1.54, 1.807) is 24.8 Å². The van der Waals surface area contributed by atoms with Crippen LogP contribution in [0.25, 0.3) is 0 Å². The zero-order chi connectivity index (χ0) is 17.6. The van der Waals surface area contributed by atoms with Crippen molar-refractivity contribution in [3.63, 3.8) is 0 Å². The molecular weight excluding hydrogens is 542 g/mol. The number of hydrogen-bond acceptors (Lipinski definition) is 4. The summed E-state index contributed by atoms with van der Waals surface area (Å²) in [7, 11) is 0. The van der Waals surface area contributed by atoms with Gasteiger partial charge in [-0.25, -0.2) is 0 Å². The number of rotatable bonds is 0. The third-order valence-corrected chi connectivity index (χ3v) is 2.56. The van der Waals surface area contributed by atoms with Crippen LogP contribution in [0.2, 0.25) is 0 Å². The minimum absolute atomic E-state index is 0. The first-order chi connectivity index (χ1) is 11.6. The fourth-order valence-electron chi connectivity index (χ4n) is 1.30. The Morgan fingerprint density at radius 2 is 0.667 bits per heavy atom. The van der Waals surface area contributed by atoms with Crippen molar-refractivity contribution >= 4 is 0 Å². The van der Waals surface area contributed by atoms with Gasteiger partial charge in [-0.3, -0.25) is 20.4 Å². The van der Waals surface area contributed by atoms with Crippen LogP contribution >= 0.6 is 0 Å². The van der Waals surface area contributed by atoms with E-state index < -0.39 is 0 Å². The monoisotopic (exact) mass is 567 g/mol. The second kappa shape index (κ2) is 19.1. The van der Waals surface area contributed by atoms with Gasteiger partial charge in [0.25, 0.3) is 0 Å². The number of aromatic amines is 4. The van der Waals surface area contributed by atoms with Gasteiger partial charge in [0.2, 0.25) is 0 Å². The van der Waals surface area contributed by atoms with Crippen LogP contribution in [-0.4, -0.2) is 40.8 Å². The first kappa shape index (κ1) is 30.1. The molecule has 0 saturated heterocycles. The van der Waals surface area contributed by atoms with Gasteiger partial charge < -0.3 is 12.4 Å². The molecule has 146 valence electrons. The van der Waals surface area contributed by atoms with E-state index in [1.165, 1.54) is 0 Å². The smallest absolute Gasteiger partial charge is 1.00 e. The molecule has 0 unspecified atom stereocenters. The summed E-state index contributed by atoms with van der Waals surface area (Å²) < 4.78 is 0. The number of aromatic nitrogens is 8. The van der Waals surface area contributed by atoms with Crippen molar-refractivity contribution in [2.45, 2.75) is 27.7 Å². The topological polar surface area (TPSA) is 115 Å². The van der Waals surface area contributed by atoms with Gasteiger partial charge in [0.1, 0.15) is 0 Å². The zero-order valence-corrected chi connectivity index (χ0v) is 19.7. The Labute approximate surface area is 191 Å². The van der Waals surface area contributed by atoms with E-state index >= 15 is 0 Å². The SMILES string of the molecule is Cc1ccn[nH]1.Cc1ccn[nH]1.Cc1ccn[nH]1.Cc1ccn[nH]1.[Cl-].[Ru+3].[Ru+3]. The second-order valence-corrected chi connectivity index (χ2v) is 4.96. The van der Waals surface area contributed by atoms with Crippen LogP contribution < -0.4 is 12.4 Å². The van der Waals surface area contributed by atoms with Crippen molar-refractivity contribution in [2.24, 2.45) is 0 Å². The Hall–Kier alpha value is -1.62. The quantitative estimate of drug-likeness (QED) is 0.222. The van der Waals surface area contributed by atoms with Crippen LogP contribution in [0.5, 0.6) is 0 Å². The van der Waals surface area contributed by atoms with Crippen LogP contribution in [0, 0.1) is 27.7 Å². The molecule has 0 bridgehead atoms. The summed E-state index contributed by atoms with van der Waals surface area (Å²) in [5, 5.41) is 25.8. The van der Waals surface area contributed by atoms with Crippen molar-refractivity contribution in [3.05, 3.63) is 71.8 Å². The molecule has 4 N–H and O–H groups in total. The summed E-state index contributed by atoms with van der Waals surface area (Å²) in [6, 6.07) is 7.67. The molecule has 2 radical (unpaired) electrons. The normalized spacial score (nSPS) is 7.85. The van der Waals surface area contributed by atoms with Crippen LogP contribution in [0.3, 0.4) is 0 Å². The van der Waals surface area contributed by atoms with Crippen LogP contribution in [0.1, 0.15) is 22.8 Å². The first-order valence-corrected chi connectivity index (χ1v) is 7.42. The maximum Gasteiger partial charge on any atom is 3.00 e. The molecular formula is C16H24ClN8Ru2+5. The molecule has 4 rings (SSSR count). The number of hydrogen-bond donors (Lipinski definition) is 4. The van der Waals surface area contributed by atoms with Crippen molar-refractivity contribution in [1.29, 1.82) is 0 Å². The fourth-order valence-corrected chi connectivity index (χ4v) is 1.30. The van der Waals surface area contributed by atoms with Gasteiger partial charge in [-0.05, 0) is 52.0 Å². The minimum Gasteiger partial charge on any atom is -1.00 e. The average molecular weight is 566 g/mol. The van der Waals surface area contributed by atoms with Crippen LogP contribution in [0.4, 0.5) is 0 Å². The first-order valence-electron chi connectivity index (χ1n) is 7.42. The Morgan fingerprint density at radius 1 is 0.481 bits per heavy atom. The van der Waals surface area contributed by atoms with Gasteiger partial charge in [0.05, 0.1) is 0 Å². The Bertz CT molecular complexity index is 582. The summed E-state index contributed by atoms with van der Waals surface area (Å²) in [5.41, 5.74) is 4.43. The van der Waals surface area contributed by atoms with Crippen molar-refractivity contribution < 1.29 is 51.4 Å². The Balaban J connectivity index is -0.000000274. The number of halogens is 1. The maximum atomic E-state index is 3.70. The molecule has 4 aromatic rings. The zero-order valence-electron chi connectivity index (χ0n) is 15.5. The van der Waals surface area contributed by atoms with Gasteiger partial charge in [-0.15, -0.1) is 0 Å². The van der Waals surface area contributed by atoms with E-state index in [9.17, 15) is 0 Å². The predicted octanol–water partition coefficient (Wildman–Crippen LogP) is -0.129. The molecule has 4 aromatic heterocycles. The number of H-pyrrole nitrogens is 4. The molecule has 0 atom stereocenters. The average Bonchev–Trinajstić information content (AvgIpc) is 3.31. The van der Waals surface area contributed by atoms with Crippen molar-refractivity contribution in [2.75, 3.05) is 0 Å². The summed E-state index contributed by atoms with van der Waals surface area (Å²) in [4.78, 5) is 0. The van der Waals surface area contributed by atoms with Crippen LogP contribution in [-0.2, 0) is 39.0 Å². The third kappa shape index (κ3) is 17.5. The largest absolute Gasteiger partial charge is 3.00 e. The van der Waals surface area contributed by atoms with Gasteiger partial charge in [-0.2, -0.15) is 20.4 Å². The van der Waals surface area contributed by atoms with Crippen LogP contribution in [0.15, 0.2) is 49.1 Å². The molecule has 0 aromatic carbocycles. The maximum absolute atomic E-state index is 3.70. The number of aryl methyl sites for hydroxylation is 4. The molecule has 0 amide bonds. The van der Waals surface area contributed by atoms with Gasteiger partial charge in [0.15, 0.2) is 0 Å². The Kier molecular flexibility index (Phi) is 21.4. The second-order valence-electron chi connectivity index (χ2n) is 4.96. The predicted molar refractivity (Wildman–Crippen MR) is 93.3 cm³/mol. The molecule has 11 heteroatoms. The van der Waals surface area contributed by atoms with E-state index in [2.05, 4.69) is 40.8 Å². The van der Waals surface area contributed by atoms with Gasteiger partial charge in [-0.1, -0.05) is 0 Å². The molecule has 8 nitrogen and oxygen atoms in total. The summed E-state index contributed by atoms with van der Waals surface area (Å²) in [5.74, 6) is 0. The molecule has 0 spiro atoms. The molecule has 0 fully saturated rings. The molecule has 0 saturated carbocycles. The number of nitrogens with one attached hydrogen (secondary N) is 4. The fraction of sp³-hybridized carbons (Fsp3) is 0.250. The van der Waals surface area contributed by atoms with E-state index in [0.29, 0.717) is 0 Å². The van der Waals surface area contributed by atoms with E-state index in [-0.39, 0.29) is 51.4 Å². The number of nitrogens with zero attached hydrogens (tertiary/aromatic N) is 4. The molecule has 27 heavy (non-hydrogen) atoms.